The molecule has 1 aliphatic rings. The largest absolute Gasteiger partial charge is 0.444 e. The molecule has 0 aromatic carbocycles. The van der Waals surface area contributed by atoms with Crippen molar-refractivity contribution in [2.75, 3.05) is 17.5 Å². The van der Waals surface area contributed by atoms with E-state index >= 15 is 0 Å². The maximum Gasteiger partial charge on any atom is 0.410 e. The van der Waals surface area contributed by atoms with Crippen LogP contribution in [-0.2, 0) is 4.74 Å². The lowest BCUT2D eigenvalue weighted by molar-refractivity contribution is 0.0161. The van der Waals surface area contributed by atoms with Crippen LogP contribution in [-0.4, -0.2) is 34.1 Å². The van der Waals surface area contributed by atoms with Crippen LogP contribution in [0, 0.1) is 5.92 Å². The van der Waals surface area contributed by atoms with E-state index in [1.807, 2.05) is 25.7 Å². The van der Waals surface area contributed by atoms with E-state index in [0.29, 0.717) is 5.92 Å². The Hall–Kier alpha value is 0. The summed E-state index contributed by atoms with van der Waals surface area (Å²) in [6.45, 7) is 7.49. The number of piperidine rings is 1. The first-order valence-electron chi connectivity index (χ1n) is 6.46. The second-order valence-electron chi connectivity index (χ2n) is 5.77. The highest BCUT2D eigenvalue weighted by Crippen LogP contribution is 2.23. The Balaban J connectivity index is 2.40. The SMILES string of the molecule is CC(C)(C)OC(=O)N1CCCC(CCCI)C1. The molecule has 0 radical (unpaired) electrons. The zero-order valence-electron chi connectivity index (χ0n) is 11.2. The molecule has 0 aromatic rings. The second kappa shape index (κ2) is 6.81. The number of ether oxygens (including phenoxy) is 1. The summed E-state index contributed by atoms with van der Waals surface area (Å²) in [5.41, 5.74) is -0.383. The first kappa shape index (κ1) is 15.1. The molecule has 1 saturated heterocycles. The molecule has 100 valence electrons. The van der Waals surface area contributed by atoms with Crippen molar-refractivity contribution in [2.24, 2.45) is 5.92 Å². The number of halogens is 1. The van der Waals surface area contributed by atoms with Crippen LogP contribution < -0.4 is 0 Å². The predicted octanol–water partition coefficient (Wildman–Crippen LogP) is 3.85. The molecule has 1 fully saturated rings. The molecule has 1 unspecified atom stereocenters. The molecule has 1 aliphatic heterocycles. The Morgan fingerprint density at radius 3 is 2.76 bits per heavy atom. The minimum absolute atomic E-state index is 0.142. The fraction of sp³-hybridized carbons (Fsp3) is 0.923. The third-order valence-corrected chi connectivity index (χ3v) is 3.68. The van der Waals surface area contributed by atoms with E-state index < -0.39 is 0 Å². The summed E-state index contributed by atoms with van der Waals surface area (Å²) < 4.78 is 6.62. The Bertz CT molecular complexity index is 250. The van der Waals surface area contributed by atoms with Crippen molar-refractivity contribution in [3.05, 3.63) is 0 Å². The Labute approximate surface area is 118 Å². The highest BCUT2D eigenvalue weighted by Gasteiger charge is 2.27. The molecular formula is C13H24INO2. The lowest BCUT2D eigenvalue weighted by Gasteiger charge is -2.34. The van der Waals surface area contributed by atoms with Crippen molar-refractivity contribution in [1.29, 1.82) is 0 Å². The summed E-state index contributed by atoms with van der Waals surface area (Å²) >= 11 is 2.41. The number of hydrogen-bond donors (Lipinski definition) is 0. The van der Waals surface area contributed by atoms with Crippen LogP contribution in [0.25, 0.3) is 0 Å². The zero-order valence-corrected chi connectivity index (χ0v) is 13.3. The van der Waals surface area contributed by atoms with Gasteiger partial charge in [-0.3, -0.25) is 0 Å². The van der Waals surface area contributed by atoms with Crippen molar-refractivity contribution in [2.45, 2.75) is 52.1 Å². The smallest absolute Gasteiger partial charge is 0.410 e. The molecule has 0 bridgehead atoms. The van der Waals surface area contributed by atoms with Gasteiger partial charge in [-0.15, -0.1) is 0 Å². The fourth-order valence-electron chi connectivity index (χ4n) is 2.16. The van der Waals surface area contributed by atoms with Crippen LogP contribution in [0.2, 0.25) is 0 Å². The molecule has 0 aromatic heterocycles. The van der Waals surface area contributed by atoms with Gasteiger partial charge in [-0.25, -0.2) is 4.79 Å². The van der Waals surface area contributed by atoms with Gasteiger partial charge < -0.3 is 9.64 Å². The average molecular weight is 353 g/mol. The Kier molecular flexibility index (Phi) is 6.03. The lowest BCUT2D eigenvalue weighted by Crippen LogP contribution is -2.42. The zero-order chi connectivity index (χ0) is 12.9. The number of alkyl halides is 1. The van der Waals surface area contributed by atoms with E-state index in [1.165, 1.54) is 23.7 Å². The van der Waals surface area contributed by atoms with Crippen LogP contribution in [0.4, 0.5) is 4.79 Å². The van der Waals surface area contributed by atoms with E-state index in [1.54, 1.807) is 0 Å². The number of carbonyl (C=O) groups excluding carboxylic acids is 1. The minimum Gasteiger partial charge on any atom is -0.444 e. The van der Waals surface area contributed by atoms with Crippen molar-refractivity contribution in [1.82, 2.24) is 4.90 Å². The monoisotopic (exact) mass is 353 g/mol. The number of amides is 1. The maximum absolute atomic E-state index is 11.9. The van der Waals surface area contributed by atoms with Crippen LogP contribution in [0.15, 0.2) is 0 Å². The van der Waals surface area contributed by atoms with E-state index in [-0.39, 0.29) is 11.7 Å². The first-order valence-corrected chi connectivity index (χ1v) is 7.99. The molecule has 3 nitrogen and oxygen atoms in total. The average Bonchev–Trinajstić information content (AvgIpc) is 2.24. The van der Waals surface area contributed by atoms with Crippen molar-refractivity contribution < 1.29 is 9.53 Å². The van der Waals surface area contributed by atoms with Gasteiger partial charge in [-0.2, -0.15) is 0 Å². The molecule has 0 N–H and O–H groups in total. The summed E-state index contributed by atoms with van der Waals surface area (Å²) in [6, 6.07) is 0. The quantitative estimate of drug-likeness (QED) is 0.570. The van der Waals surface area contributed by atoms with E-state index in [2.05, 4.69) is 22.6 Å². The van der Waals surface area contributed by atoms with Crippen molar-refractivity contribution in [3.8, 4) is 0 Å². The third kappa shape index (κ3) is 5.93. The standard InChI is InChI=1S/C13H24INO2/c1-13(2,3)17-12(16)15-9-5-7-11(10-15)6-4-8-14/h11H,4-10H2,1-3H3. The predicted molar refractivity (Wildman–Crippen MR) is 78.7 cm³/mol. The second-order valence-corrected chi connectivity index (χ2v) is 6.84. The first-order chi connectivity index (χ1) is 7.92. The van der Waals surface area contributed by atoms with E-state index in [0.717, 1.165) is 19.5 Å². The molecule has 0 spiro atoms. The molecular weight excluding hydrogens is 329 g/mol. The number of hydrogen-bond acceptors (Lipinski definition) is 2. The van der Waals surface area contributed by atoms with Crippen molar-refractivity contribution >= 4 is 28.7 Å². The molecule has 1 rings (SSSR count). The van der Waals surface area contributed by atoms with Gasteiger partial charge in [0, 0.05) is 13.1 Å². The highest BCUT2D eigenvalue weighted by atomic mass is 127. The van der Waals surface area contributed by atoms with Crippen LogP contribution in [0.5, 0.6) is 0 Å². The van der Waals surface area contributed by atoms with E-state index in [4.69, 9.17) is 4.74 Å². The number of rotatable bonds is 3. The molecule has 1 amide bonds. The Morgan fingerprint density at radius 2 is 2.18 bits per heavy atom. The molecule has 1 heterocycles. The van der Waals surface area contributed by atoms with Gasteiger partial charge in [0.05, 0.1) is 0 Å². The van der Waals surface area contributed by atoms with Gasteiger partial charge in [-0.1, -0.05) is 22.6 Å². The number of likely N-dealkylation sites (tertiary alicyclic amines) is 1. The number of nitrogens with zero attached hydrogens (tertiary/aromatic N) is 1. The Morgan fingerprint density at radius 1 is 1.47 bits per heavy atom. The van der Waals surface area contributed by atoms with Gasteiger partial charge in [0.2, 0.25) is 0 Å². The topological polar surface area (TPSA) is 29.5 Å². The summed E-state index contributed by atoms with van der Waals surface area (Å²) in [6.07, 6.45) is 4.73. The highest BCUT2D eigenvalue weighted by molar-refractivity contribution is 14.1. The summed E-state index contributed by atoms with van der Waals surface area (Å²) in [5, 5.41) is 0. The molecule has 0 saturated carbocycles. The van der Waals surface area contributed by atoms with Gasteiger partial charge in [-0.05, 0) is 56.8 Å². The van der Waals surface area contributed by atoms with Gasteiger partial charge in [0.25, 0.3) is 0 Å². The fourth-order valence-corrected chi connectivity index (χ4v) is 2.60. The van der Waals surface area contributed by atoms with Gasteiger partial charge in [0.15, 0.2) is 0 Å². The third-order valence-electron chi connectivity index (χ3n) is 2.92. The van der Waals surface area contributed by atoms with Crippen LogP contribution in [0.1, 0.15) is 46.5 Å². The normalized spacial score (nSPS) is 21.4. The summed E-state index contributed by atoms with van der Waals surface area (Å²) in [5.74, 6) is 0.672. The summed E-state index contributed by atoms with van der Waals surface area (Å²) in [7, 11) is 0. The van der Waals surface area contributed by atoms with Crippen LogP contribution >= 0.6 is 22.6 Å². The summed E-state index contributed by atoms with van der Waals surface area (Å²) in [4.78, 5) is 13.8. The number of carbonyl (C=O) groups is 1. The maximum atomic E-state index is 11.9. The van der Waals surface area contributed by atoms with E-state index in [9.17, 15) is 4.79 Å². The minimum atomic E-state index is -0.383. The van der Waals surface area contributed by atoms with Crippen LogP contribution in [0.3, 0.4) is 0 Å². The molecule has 4 heteroatoms. The van der Waals surface area contributed by atoms with Crippen molar-refractivity contribution in [3.63, 3.8) is 0 Å². The molecule has 1 atom stereocenters. The molecule has 0 aliphatic carbocycles. The lowest BCUT2D eigenvalue weighted by atomic mass is 9.94. The molecule has 17 heavy (non-hydrogen) atoms. The van der Waals surface area contributed by atoms with Gasteiger partial charge >= 0.3 is 6.09 Å². The van der Waals surface area contributed by atoms with Gasteiger partial charge in [0.1, 0.15) is 5.60 Å².